The lowest BCUT2D eigenvalue weighted by molar-refractivity contribution is 0.466. The molecular formula is C12H14ClN3O. The average Bonchev–Trinajstić information content (AvgIpc) is 2.78. The smallest absolute Gasteiger partial charge is 0.213 e. The largest absolute Gasteiger partial charge is 0.444 e. The number of halogens is 1. The van der Waals surface area contributed by atoms with Gasteiger partial charge in [-0.3, -0.25) is 0 Å². The number of benzene rings is 1. The molecule has 0 aliphatic carbocycles. The van der Waals surface area contributed by atoms with Crippen molar-refractivity contribution in [1.82, 2.24) is 4.98 Å². The Labute approximate surface area is 105 Å². The molecule has 0 radical (unpaired) electrons. The molecule has 0 bridgehead atoms. The molecular weight excluding hydrogens is 238 g/mol. The first kappa shape index (κ1) is 11.8. The van der Waals surface area contributed by atoms with Crippen LogP contribution < -0.4 is 11.1 Å². The van der Waals surface area contributed by atoms with E-state index in [-0.39, 0.29) is 0 Å². The third-order valence-electron chi connectivity index (χ3n) is 2.40. The second-order valence-electron chi connectivity index (χ2n) is 3.66. The second kappa shape index (κ2) is 5.10. The molecule has 0 aliphatic heterocycles. The minimum absolute atomic E-state index is 0.491. The van der Waals surface area contributed by atoms with Gasteiger partial charge >= 0.3 is 0 Å². The Balaban J connectivity index is 2.04. The van der Waals surface area contributed by atoms with Crippen molar-refractivity contribution in [2.24, 2.45) is 0 Å². The van der Waals surface area contributed by atoms with Crippen molar-refractivity contribution in [2.45, 2.75) is 19.9 Å². The zero-order valence-electron chi connectivity index (χ0n) is 9.53. The van der Waals surface area contributed by atoms with Gasteiger partial charge in [-0.05, 0) is 18.2 Å². The lowest BCUT2D eigenvalue weighted by atomic mass is 10.2. The zero-order valence-corrected chi connectivity index (χ0v) is 10.3. The summed E-state index contributed by atoms with van der Waals surface area (Å²) in [5.74, 6) is 1.52. The average molecular weight is 252 g/mol. The van der Waals surface area contributed by atoms with Crippen molar-refractivity contribution >= 4 is 23.0 Å². The van der Waals surface area contributed by atoms with Crippen LogP contribution in [-0.4, -0.2) is 4.98 Å². The van der Waals surface area contributed by atoms with Crippen LogP contribution in [0.5, 0.6) is 0 Å². The topological polar surface area (TPSA) is 64.1 Å². The molecule has 0 amide bonds. The minimum atomic E-state index is 0.491. The number of oxazole rings is 1. The highest BCUT2D eigenvalue weighted by Gasteiger charge is 2.04. The van der Waals surface area contributed by atoms with E-state index in [4.69, 9.17) is 21.8 Å². The van der Waals surface area contributed by atoms with Crippen LogP contribution in [0.25, 0.3) is 0 Å². The predicted molar refractivity (Wildman–Crippen MR) is 69.1 cm³/mol. The van der Waals surface area contributed by atoms with Gasteiger partial charge in [0.1, 0.15) is 5.76 Å². The molecule has 17 heavy (non-hydrogen) atoms. The number of nitrogens with zero attached hydrogens (tertiary/aromatic N) is 1. The molecule has 1 aromatic heterocycles. The van der Waals surface area contributed by atoms with Gasteiger partial charge in [0.15, 0.2) is 0 Å². The van der Waals surface area contributed by atoms with E-state index in [1.807, 2.05) is 6.92 Å². The SMILES string of the molecule is CCc1cnc(CNc2cc(Cl)ccc2N)o1. The van der Waals surface area contributed by atoms with Gasteiger partial charge in [0, 0.05) is 11.4 Å². The third-order valence-corrected chi connectivity index (χ3v) is 2.63. The van der Waals surface area contributed by atoms with Gasteiger partial charge in [-0.15, -0.1) is 0 Å². The summed E-state index contributed by atoms with van der Waals surface area (Å²) in [7, 11) is 0. The summed E-state index contributed by atoms with van der Waals surface area (Å²) in [6.45, 7) is 2.51. The minimum Gasteiger partial charge on any atom is -0.444 e. The maximum atomic E-state index is 5.89. The van der Waals surface area contributed by atoms with Crippen LogP contribution in [0.1, 0.15) is 18.6 Å². The van der Waals surface area contributed by atoms with Crippen LogP contribution in [0.2, 0.25) is 5.02 Å². The number of anilines is 2. The molecule has 2 aromatic rings. The molecule has 0 atom stereocenters. The molecule has 3 N–H and O–H groups in total. The first-order valence-electron chi connectivity index (χ1n) is 5.41. The Morgan fingerprint density at radius 1 is 1.47 bits per heavy atom. The number of rotatable bonds is 4. The van der Waals surface area contributed by atoms with E-state index < -0.39 is 0 Å². The van der Waals surface area contributed by atoms with Gasteiger partial charge in [-0.1, -0.05) is 18.5 Å². The van der Waals surface area contributed by atoms with Gasteiger partial charge in [-0.25, -0.2) is 4.98 Å². The molecule has 1 heterocycles. The van der Waals surface area contributed by atoms with Crippen molar-refractivity contribution in [3.63, 3.8) is 0 Å². The van der Waals surface area contributed by atoms with Crippen LogP contribution in [0.3, 0.4) is 0 Å². The summed E-state index contributed by atoms with van der Waals surface area (Å²) in [4.78, 5) is 4.15. The standard InChI is InChI=1S/C12H14ClN3O/c1-2-9-6-16-12(17-9)7-15-11-5-8(13)3-4-10(11)14/h3-6,15H,2,7,14H2,1H3. The predicted octanol–water partition coefficient (Wildman–Crippen LogP) is 3.08. The Morgan fingerprint density at radius 3 is 3.00 bits per heavy atom. The van der Waals surface area contributed by atoms with Crippen molar-refractivity contribution in [1.29, 1.82) is 0 Å². The van der Waals surface area contributed by atoms with Crippen molar-refractivity contribution in [3.8, 4) is 0 Å². The molecule has 0 spiro atoms. The number of aryl methyl sites for hydroxylation is 1. The Hall–Kier alpha value is -1.68. The van der Waals surface area contributed by atoms with E-state index >= 15 is 0 Å². The number of nitrogens with two attached hydrogens (primary N) is 1. The molecule has 2 rings (SSSR count). The molecule has 0 saturated heterocycles. The maximum Gasteiger partial charge on any atom is 0.213 e. The van der Waals surface area contributed by atoms with Crippen molar-refractivity contribution < 1.29 is 4.42 Å². The summed E-state index contributed by atoms with van der Waals surface area (Å²) in [5.41, 5.74) is 7.25. The fraction of sp³-hybridized carbons (Fsp3) is 0.250. The van der Waals surface area contributed by atoms with Gasteiger partial charge in [0.2, 0.25) is 5.89 Å². The number of nitrogen functional groups attached to an aromatic ring is 1. The molecule has 0 fully saturated rings. The van der Waals surface area contributed by atoms with Crippen molar-refractivity contribution in [3.05, 3.63) is 41.1 Å². The molecule has 4 nitrogen and oxygen atoms in total. The van der Waals surface area contributed by atoms with E-state index in [0.717, 1.165) is 17.9 Å². The number of hydrogen-bond acceptors (Lipinski definition) is 4. The van der Waals surface area contributed by atoms with Gasteiger partial charge in [0.25, 0.3) is 0 Å². The lowest BCUT2D eigenvalue weighted by Crippen LogP contribution is -2.02. The van der Waals surface area contributed by atoms with E-state index in [2.05, 4.69) is 10.3 Å². The molecule has 5 heteroatoms. The number of nitrogens with one attached hydrogen (secondary N) is 1. The molecule has 0 unspecified atom stereocenters. The second-order valence-corrected chi connectivity index (χ2v) is 4.10. The van der Waals surface area contributed by atoms with Crippen molar-refractivity contribution in [2.75, 3.05) is 11.1 Å². The van der Waals surface area contributed by atoms with E-state index in [0.29, 0.717) is 23.1 Å². The van der Waals surface area contributed by atoms with Crippen LogP contribution in [0, 0.1) is 0 Å². The summed E-state index contributed by atoms with van der Waals surface area (Å²) in [6, 6.07) is 5.29. The molecule has 0 aliphatic rings. The monoisotopic (exact) mass is 251 g/mol. The number of aromatic nitrogens is 1. The summed E-state index contributed by atoms with van der Waals surface area (Å²) < 4.78 is 5.48. The first-order valence-corrected chi connectivity index (χ1v) is 5.79. The normalized spacial score (nSPS) is 10.5. The van der Waals surface area contributed by atoms with Crippen LogP contribution >= 0.6 is 11.6 Å². The Morgan fingerprint density at radius 2 is 2.29 bits per heavy atom. The Bertz CT molecular complexity index is 510. The fourth-order valence-corrected chi connectivity index (χ4v) is 1.62. The van der Waals surface area contributed by atoms with E-state index in [1.165, 1.54) is 0 Å². The third kappa shape index (κ3) is 2.91. The van der Waals surface area contributed by atoms with Gasteiger partial charge in [0.05, 0.1) is 24.1 Å². The van der Waals surface area contributed by atoms with Crippen LogP contribution in [0.15, 0.2) is 28.8 Å². The highest BCUT2D eigenvalue weighted by molar-refractivity contribution is 6.31. The highest BCUT2D eigenvalue weighted by atomic mass is 35.5. The fourth-order valence-electron chi connectivity index (χ4n) is 1.45. The summed E-state index contributed by atoms with van der Waals surface area (Å²) >= 11 is 5.89. The molecule has 90 valence electrons. The van der Waals surface area contributed by atoms with Crippen LogP contribution in [-0.2, 0) is 13.0 Å². The van der Waals surface area contributed by atoms with Gasteiger partial charge in [-0.2, -0.15) is 0 Å². The molecule has 1 aromatic carbocycles. The lowest BCUT2D eigenvalue weighted by Gasteiger charge is -2.07. The Kier molecular flexibility index (Phi) is 3.54. The summed E-state index contributed by atoms with van der Waals surface area (Å²) in [5, 5.41) is 3.78. The maximum absolute atomic E-state index is 5.89. The van der Waals surface area contributed by atoms with Crippen LogP contribution in [0.4, 0.5) is 11.4 Å². The van der Waals surface area contributed by atoms with E-state index in [1.54, 1.807) is 24.4 Å². The quantitative estimate of drug-likeness (QED) is 0.820. The van der Waals surface area contributed by atoms with Gasteiger partial charge < -0.3 is 15.5 Å². The first-order chi connectivity index (χ1) is 8.19. The van der Waals surface area contributed by atoms with E-state index in [9.17, 15) is 0 Å². The number of hydrogen-bond donors (Lipinski definition) is 2. The zero-order chi connectivity index (χ0) is 12.3. The highest BCUT2D eigenvalue weighted by Crippen LogP contribution is 2.23. The molecule has 0 saturated carbocycles. The summed E-state index contributed by atoms with van der Waals surface area (Å²) in [6.07, 6.45) is 2.57.